The van der Waals surface area contributed by atoms with E-state index in [4.69, 9.17) is 14.5 Å². The maximum atomic E-state index is 13.7. The molecule has 6 heteroatoms. The summed E-state index contributed by atoms with van der Waals surface area (Å²) in [7, 11) is 4.97. The number of hydrogen-bond acceptors (Lipinski definition) is 4. The minimum atomic E-state index is -0.151. The summed E-state index contributed by atoms with van der Waals surface area (Å²) >= 11 is 0. The van der Waals surface area contributed by atoms with E-state index in [-0.39, 0.29) is 5.69 Å². The third-order valence-corrected chi connectivity index (χ3v) is 6.14. The normalized spacial score (nSPS) is 11.5. The summed E-state index contributed by atoms with van der Waals surface area (Å²) in [5, 5.41) is 0. The van der Waals surface area contributed by atoms with E-state index in [1.54, 1.807) is 30.4 Å². The van der Waals surface area contributed by atoms with Crippen molar-refractivity contribution in [3.63, 3.8) is 0 Å². The van der Waals surface area contributed by atoms with Gasteiger partial charge in [0.1, 0.15) is 5.49 Å². The number of ether oxygens (including phenoxy) is 2. The molecule has 0 aliphatic heterocycles. The van der Waals surface area contributed by atoms with E-state index >= 15 is 0 Å². The van der Waals surface area contributed by atoms with Gasteiger partial charge in [-0.1, -0.05) is 48.0 Å². The van der Waals surface area contributed by atoms with Gasteiger partial charge in [-0.05, 0) is 55.7 Å². The lowest BCUT2D eigenvalue weighted by atomic mass is 10.1. The second-order valence-electron chi connectivity index (χ2n) is 8.73. The van der Waals surface area contributed by atoms with Gasteiger partial charge in [-0.3, -0.25) is 9.13 Å². The van der Waals surface area contributed by atoms with Gasteiger partial charge < -0.3 is 9.47 Å². The smallest absolute Gasteiger partial charge is 0.330 e. The van der Waals surface area contributed by atoms with Crippen molar-refractivity contribution in [2.45, 2.75) is 27.3 Å². The first-order valence-corrected chi connectivity index (χ1v) is 11.5. The van der Waals surface area contributed by atoms with Gasteiger partial charge in [0.25, 0.3) is 0 Å². The minimum absolute atomic E-state index is 0.151. The molecule has 1 aromatic heterocycles. The third-order valence-electron chi connectivity index (χ3n) is 6.14. The van der Waals surface area contributed by atoms with E-state index in [1.807, 2.05) is 68.4 Å². The first-order valence-electron chi connectivity index (χ1n) is 11.5. The van der Waals surface area contributed by atoms with Gasteiger partial charge in [-0.15, -0.1) is 0 Å². The summed E-state index contributed by atoms with van der Waals surface area (Å²) in [5.74, 6) is 1.23. The van der Waals surface area contributed by atoms with E-state index in [2.05, 4.69) is 19.1 Å². The van der Waals surface area contributed by atoms with Crippen molar-refractivity contribution >= 4 is 5.69 Å². The number of benzene rings is 3. The number of aromatic nitrogens is 2. The van der Waals surface area contributed by atoms with Gasteiger partial charge >= 0.3 is 5.69 Å². The van der Waals surface area contributed by atoms with Crippen LogP contribution in [-0.2, 0) is 13.6 Å². The lowest BCUT2D eigenvalue weighted by Gasteiger charge is -2.17. The predicted molar refractivity (Wildman–Crippen MR) is 140 cm³/mol. The molecule has 6 nitrogen and oxygen atoms in total. The first-order chi connectivity index (χ1) is 16.8. The summed E-state index contributed by atoms with van der Waals surface area (Å²) in [6.45, 7) is 6.60. The topological polar surface area (TPSA) is 57.8 Å². The Morgan fingerprint density at radius 2 is 1.49 bits per heavy atom. The Kier molecular flexibility index (Phi) is 6.92. The molecule has 0 unspecified atom stereocenters. The van der Waals surface area contributed by atoms with Crippen LogP contribution in [0, 0.1) is 20.8 Å². The highest BCUT2D eigenvalue weighted by molar-refractivity contribution is 5.64. The molecule has 4 rings (SSSR count). The predicted octanol–water partition coefficient (Wildman–Crippen LogP) is 5.08. The first kappa shape index (κ1) is 24.1. The van der Waals surface area contributed by atoms with Crippen LogP contribution in [0.1, 0.15) is 22.3 Å². The van der Waals surface area contributed by atoms with Crippen LogP contribution in [0.3, 0.4) is 0 Å². The number of hydrogen-bond donors (Lipinski definition) is 0. The fourth-order valence-electron chi connectivity index (χ4n) is 4.40. The van der Waals surface area contributed by atoms with E-state index in [0.717, 1.165) is 33.6 Å². The monoisotopic (exact) mass is 469 g/mol. The molecular weight excluding hydrogens is 438 g/mol. The summed E-state index contributed by atoms with van der Waals surface area (Å²) in [6, 6.07) is 21.8. The summed E-state index contributed by atoms with van der Waals surface area (Å²) in [5.41, 5.74) is 7.27. The lowest BCUT2D eigenvalue weighted by molar-refractivity contribution is 0.355. The summed E-state index contributed by atoms with van der Waals surface area (Å²) in [6.07, 6.45) is 0. The molecule has 180 valence electrons. The SMILES string of the molecule is COc1ccc(-c2c/c(=N/c3c(C)cc(C)cc3C)n(C)c(=O)n2Cc2ccccc2)cc1OC. The van der Waals surface area contributed by atoms with Crippen molar-refractivity contribution in [2.75, 3.05) is 14.2 Å². The van der Waals surface area contributed by atoms with Crippen molar-refractivity contribution in [1.82, 2.24) is 9.13 Å². The number of methoxy groups -OCH3 is 2. The maximum absolute atomic E-state index is 13.7. The average molecular weight is 470 g/mol. The molecule has 0 aliphatic carbocycles. The molecule has 0 saturated carbocycles. The molecule has 0 bridgehead atoms. The molecule has 0 fully saturated rings. The fraction of sp³-hybridized carbons (Fsp3) is 0.241. The second kappa shape index (κ2) is 10.1. The van der Waals surface area contributed by atoms with Crippen molar-refractivity contribution in [3.8, 4) is 22.8 Å². The summed E-state index contributed by atoms with van der Waals surface area (Å²) in [4.78, 5) is 18.6. The molecule has 0 N–H and O–H groups in total. The Morgan fingerprint density at radius 1 is 0.829 bits per heavy atom. The Hall–Kier alpha value is -4.06. The molecule has 0 atom stereocenters. The Bertz CT molecular complexity index is 1480. The fourth-order valence-corrected chi connectivity index (χ4v) is 4.40. The largest absolute Gasteiger partial charge is 0.493 e. The lowest BCUT2D eigenvalue weighted by Crippen LogP contribution is -2.39. The van der Waals surface area contributed by atoms with Crippen LogP contribution in [0.5, 0.6) is 11.5 Å². The highest BCUT2D eigenvalue weighted by atomic mass is 16.5. The van der Waals surface area contributed by atoms with Crippen LogP contribution in [0.15, 0.2) is 76.5 Å². The van der Waals surface area contributed by atoms with Gasteiger partial charge in [0, 0.05) is 18.7 Å². The molecule has 0 radical (unpaired) electrons. The number of rotatable bonds is 6. The molecule has 0 spiro atoms. The minimum Gasteiger partial charge on any atom is -0.493 e. The Morgan fingerprint density at radius 3 is 2.11 bits per heavy atom. The van der Waals surface area contributed by atoms with Crippen LogP contribution in [0.2, 0.25) is 0 Å². The van der Waals surface area contributed by atoms with Gasteiger partial charge in [-0.2, -0.15) is 0 Å². The summed E-state index contributed by atoms with van der Waals surface area (Å²) < 4.78 is 14.3. The standard InChI is InChI=1S/C29H31N3O3/c1-19-14-20(2)28(21(3)15-19)30-27-17-24(23-12-13-25(34-5)26(16-23)35-6)32(29(33)31(27)4)18-22-10-8-7-9-11-22/h7-17H,18H2,1-6H3/b30-27-. The zero-order chi connectivity index (χ0) is 25.1. The molecule has 35 heavy (non-hydrogen) atoms. The number of aryl methyl sites for hydroxylation is 3. The van der Waals surface area contributed by atoms with Crippen LogP contribution < -0.4 is 20.7 Å². The molecule has 0 amide bonds. The Labute approximate surface area is 205 Å². The van der Waals surface area contributed by atoms with E-state index < -0.39 is 0 Å². The molecule has 0 aliphatic rings. The number of nitrogens with zero attached hydrogens (tertiary/aromatic N) is 3. The second-order valence-corrected chi connectivity index (χ2v) is 8.73. The van der Waals surface area contributed by atoms with Gasteiger partial charge in [0.2, 0.25) is 0 Å². The highest BCUT2D eigenvalue weighted by Crippen LogP contribution is 2.32. The van der Waals surface area contributed by atoms with Gasteiger partial charge in [0.15, 0.2) is 11.5 Å². The van der Waals surface area contributed by atoms with Crippen molar-refractivity contribution in [1.29, 1.82) is 0 Å². The van der Waals surface area contributed by atoms with E-state index in [0.29, 0.717) is 23.5 Å². The van der Waals surface area contributed by atoms with Crippen LogP contribution in [0.25, 0.3) is 11.3 Å². The van der Waals surface area contributed by atoms with Gasteiger partial charge in [0.05, 0.1) is 32.1 Å². The van der Waals surface area contributed by atoms with Crippen molar-refractivity contribution in [2.24, 2.45) is 12.0 Å². The molecular formula is C29H31N3O3. The van der Waals surface area contributed by atoms with E-state index in [1.165, 1.54) is 5.56 Å². The zero-order valence-corrected chi connectivity index (χ0v) is 21.1. The molecule has 4 aromatic rings. The van der Waals surface area contributed by atoms with Crippen molar-refractivity contribution < 1.29 is 9.47 Å². The molecule has 3 aromatic carbocycles. The van der Waals surface area contributed by atoms with Crippen LogP contribution >= 0.6 is 0 Å². The quantitative estimate of drug-likeness (QED) is 0.396. The van der Waals surface area contributed by atoms with E-state index in [9.17, 15) is 4.79 Å². The molecule has 1 heterocycles. The zero-order valence-electron chi connectivity index (χ0n) is 21.1. The third kappa shape index (κ3) is 4.92. The van der Waals surface area contributed by atoms with Crippen molar-refractivity contribution in [3.05, 3.63) is 105 Å². The van der Waals surface area contributed by atoms with Crippen LogP contribution in [0.4, 0.5) is 5.69 Å². The molecule has 0 saturated heterocycles. The Balaban J connectivity index is 2.00. The van der Waals surface area contributed by atoms with Crippen LogP contribution in [-0.4, -0.2) is 23.4 Å². The maximum Gasteiger partial charge on any atom is 0.330 e. The average Bonchev–Trinajstić information content (AvgIpc) is 2.85. The van der Waals surface area contributed by atoms with Gasteiger partial charge in [-0.25, -0.2) is 9.79 Å². The highest BCUT2D eigenvalue weighted by Gasteiger charge is 2.14.